The molecule has 4 aromatic rings. The number of amides is 1. The van der Waals surface area contributed by atoms with Crippen molar-refractivity contribution in [2.24, 2.45) is 0 Å². The van der Waals surface area contributed by atoms with E-state index in [1.807, 2.05) is 24.3 Å². The maximum Gasteiger partial charge on any atom is 0.251 e. The Morgan fingerprint density at radius 3 is 2.53 bits per heavy atom. The molecule has 1 amide bonds. The minimum absolute atomic E-state index is 0.166. The number of benzene rings is 3. The lowest BCUT2D eigenvalue weighted by atomic mass is 10.1. The molecule has 0 unspecified atom stereocenters. The van der Waals surface area contributed by atoms with E-state index in [2.05, 4.69) is 15.3 Å². The van der Waals surface area contributed by atoms with E-state index >= 15 is 0 Å². The maximum atomic E-state index is 13.5. The Morgan fingerprint density at radius 2 is 1.78 bits per heavy atom. The fourth-order valence-electron chi connectivity index (χ4n) is 3.03. The van der Waals surface area contributed by atoms with E-state index in [0.29, 0.717) is 46.6 Å². The van der Waals surface area contributed by atoms with Crippen LogP contribution >= 0.6 is 11.6 Å². The molecule has 160 valence electrons. The summed E-state index contributed by atoms with van der Waals surface area (Å²) in [6, 6.07) is 21.9. The van der Waals surface area contributed by atoms with E-state index in [1.54, 1.807) is 48.7 Å². The van der Waals surface area contributed by atoms with Gasteiger partial charge in [0.1, 0.15) is 11.6 Å². The predicted molar refractivity (Wildman–Crippen MR) is 121 cm³/mol. The van der Waals surface area contributed by atoms with Gasteiger partial charge in [-0.3, -0.25) is 4.79 Å². The summed E-state index contributed by atoms with van der Waals surface area (Å²) >= 11 is 5.88. The molecule has 4 rings (SSSR count). The zero-order chi connectivity index (χ0) is 22.3. The van der Waals surface area contributed by atoms with E-state index in [1.165, 1.54) is 12.1 Å². The van der Waals surface area contributed by atoms with Crippen LogP contribution in [0.2, 0.25) is 5.02 Å². The van der Waals surface area contributed by atoms with Crippen LogP contribution in [0.1, 0.15) is 15.9 Å². The highest BCUT2D eigenvalue weighted by molar-refractivity contribution is 6.30. The summed E-state index contributed by atoms with van der Waals surface area (Å²) in [4.78, 5) is 20.9. The van der Waals surface area contributed by atoms with E-state index in [-0.39, 0.29) is 11.7 Å². The summed E-state index contributed by atoms with van der Waals surface area (Å²) in [6.07, 6.45) is 2.26. The normalized spacial score (nSPS) is 10.6. The second-order valence-corrected chi connectivity index (χ2v) is 7.42. The molecule has 7 heteroatoms. The molecule has 0 aliphatic heterocycles. The third-order valence-electron chi connectivity index (χ3n) is 4.66. The van der Waals surface area contributed by atoms with E-state index in [0.717, 1.165) is 5.56 Å². The van der Waals surface area contributed by atoms with Gasteiger partial charge in [0.25, 0.3) is 5.91 Å². The number of halogens is 2. The van der Waals surface area contributed by atoms with Crippen molar-refractivity contribution in [3.8, 4) is 23.0 Å². The molecule has 1 N–H and O–H groups in total. The average Bonchev–Trinajstić information content (AvgIpc) is 2.81. The molecule has 1 aromatic heterocycles. The molecular formula is C25H19ClFN3O2. The standard InChI is InChI=1S/C25H19ClFN3O2/c26-20-8-4-17(5-9-20)12-14-29-25(31)18-6-10-22(11-7-18)32-23-13-15-28-24(30-23)19-2-1-3-21(27)16-19/h1-11,13,15-16H,12,14H2,(H,29,31). The van der Waals surface area contributed by atoms with Gasteiger partial charge in [-0.25, -0.2) is 9.37 Å². The van der Waals surface area contributed by atoms with Crippen LogP contribution in [0.25, 0.3) is 11.4 Å². The lowest BCUT2D eigenvalue weighted by Crippen LogP contribution is -2.25. The molecule has 0 bridgehead atoms. The molecule has 32 heavy (non-hydrogen) atoms. The molecule has 5 nitrogen and oxygen atoms in total. The van der Waals surface area contributed by atoms with Crippen molar-refractivity contribution in [2.75, 3.05) is 6.54 Å². The first-order chi connectivity index (χ1) is 15.6. The Morgan fingerprint density at radius 1 is 1.00 bits per heavy atom. The number of ether oxygens (including phenoxy) is 1. The van der Waals surface area contributed by atoms with Crippen molar-refractivity contribution in [1.29, 1.82) is 0 Å². The third-order valence-corrected chi connectivity index (χ3v) is 4.92. The van der Waals surface area contributed by atoms with E-state index < -0.39 is 0 Å². The van der Waals surface area contributed by atoms with Crippen LogP contribution in [-0.2, 0) is 6.42 Å². The van der Waals surface area contributed by atoms with Gasteiger partial charge in [-0.15, -0.1) is 0 Å². The quantitative estimate of drug-likeness (QED) is 0.394. The number of nitrogens with zero attached hydrogens (tertiary/aromatic N) is 2. The number of hydrogen-bond donors (Lipinski definition) is 1. The molecule has 1 heterocycles. The number of rotatable bonds is 7. The van der Waals surface area contributed by atoms with Crippen molar-refractivity contribution in [3.63, 3.8) is 0 Å². The zero-order valence-corrected chi connectivity index (χ0v) is 17.7. The number of carbonyl (C=O) groups is 1. The first kappa shape index (κ1) is 21.5. The highest BCUT2D eigenvalue weighted by Gasteiger charge is 2.08. The molecule has 0 fully saturated rings. The van der Waals surface area contributed by atoms with Crippen molar-refractivity contribution in [1.82, 2.24) is 15.3 Å². The van der Waals surface area contributed by atoms with Crippen LogP contribution in [-0.4, -0.2) is 22.4 Å². The number of aromatic nitrogens is 2. The minimum Gasteiger partial charge on any atom is -0.439 e. The average molecular weight is 448 g/mol. The largest absolute Gasteiger partial charge is 0.439 e. The Labute approximate surface area is 189 Å². The fraction of sp³-hybridized carbons (Fsp3) is 0.0800. The molecule has 0 aliphatic carbocycles. The van der Waals surface area contributed by atoms with Crippen molar-refractivity contribution in [2.45, 2.75) is 6.42 Å². The SMILES string of the molecule is O=C(NCCc1ccc(Cl)cc1)c1ccc(Oc2ccnc(-c3cccc(F)c3)n2)cc1. The fourth-order valence-corrected chi connectivity index (χ4v) is 3.16. The van der Waals surface area contributed by atoms with Crippen LogP contribution in [0.5, 0.6) is 11.6 Å². The Bertz CT molecular complexity index is 1210. The first-order valence-corrected chi connectivity index (χ1v) is 10.3. The summed E-state index contributed by atoms with van der Waals surface area (Å²) in [7, 11) is 0. The van der Waals surface area contributed by atoms with Gasteiger partial charge in [0, 0.05) is 35.0 Å². The highest BCUT2D eigenvalue weighted by atomic mass is 35.5. The summed E-state index contributed by atoms with van der Waals surface area (Å²) < 4.78 is 19.2. The van der Waals surface area contributed by atoms with E-state index in [9.17, 15) is 9.18 Å². The summed E-state index contributed by atoms with van der Waals surface area (Å²) in [5.74, 6) is 0.671. The predicted octanol–water partition coefficient (Wildman–Crippen LogP) is 5.70. The molecule has 3 aromatic carbocycles. The summed E-state index contributed by atoms with van der Waals surface area (Å²) in [5, 5.41) is 3.58. The Hall–Kier alpha value is -3.77. The Kier molecular flexibility index (Phi) is 6.72. The molecule has 0 spiro atoms. The van der Waals surface area contributed by atoms with Crippen molar-refractivity contribution in [3.05, 3.63) is 107 Å². The number of nitrogens with one attached hydrogen (secondary N) is 1. The second-order valence-electron chi connectivity index (χ2n) is 6.99. The zero-order valence-electron chi connectivity index (χ0n) is 17.0. The van der Waals surface area contributed by atoms with Crippen molar-refractivity contribution < 1.29 is 13.9 Å². The lowest BCUT2D eigenvalue weighted by molar-refractivity contribution is 0.0954. The lowest BCUT2D eigenvalue weighted by Gasteiger charge is -2.08. The highest BCUT2D eigenvalue weighted by Crippen LogP contribution is 2.23. The van der Waals surface area contributed by atoms with Gasteiger partial charge in [-0.05, 0) is 60.5 Å². The first-order valence-electron chi connectivity index (χ1n) is 9.96. The van der Waals surface area contributed by atoms with Crippen molar-refractivity contribution >= 4 is 17.5 Å². The molecule has 0 saturated carbocycles. The molecular weight excluding hydrogens is 429 g/mol. The summed E-state index contributed by atoms with van der Waals surface area (Å²) in [6.45, 7) is 0.516. The van der Waals surface area contributed by atoms with Gasteiger partial charge < -0.3 is 10.1 Å². The van der Waals surface area contributed by atoms with Crippen LogP contribution in [0, 0.1) is 5.82 Å². The van der Waals surface area contributed by atoms with Gasteiger partial charge in [0.05, 0.1) is 0 Å². The maximum absolute atomic E-state index is 13.5. The third kappa shape index (κ3) is 5.68. The smallest absolute Gasteiger partial charge is 0.251 e. The summed E-state index contributed by atoms with van der Waals surface area (Å²) in [5.41, 5.74) is 2.18. The molecule has 0 saturated heterocycles. The minimum atomic E-state index is -0.362. The van der Waals surface area contributed by atoms with Crippen LogP contribution in [0.15, 0.2) is 85.1 Å². The molecule has 0 atom stereocenters. The second kappa shape index (κ2) is 10.0. The number of hydrogen-bond acceptors (Lipinski definition) is 4. The van der Waals surface area contributed by atoms with E-state index in [4.69, 9.17) is 16.3 Å². The Balaban J connectivity index is 1.35. The topological polar surface area (TPSA) is 64.1 Å². The van der Waals surface area contributed by atoms with Gasteiger partial charge >= 0.3 is 0 Å². The van der Waals surface area contributed by atoms with Crippen LogP contribution in [0.3, 0.4) is 0 Å². The molecule has 0 aliphatic rings. The molecule has 0 radical (unpaired) electrons. The monoisotopic (exact) mass is 447 g/mol. The van der Waals surface area contributed by atoms with Gasteiger partial charge in [0.15, 0.2) is 5.82 Å². The number of carbonyl (C=O) groups excluding carboxylic acids is 1. The van der Waals surface area contributed by atoms with Crippen LogP contribution < -0.4 is 10.1 Å². The van der Waals surface area contributed by atoms with Crippen LogP contribution in [0.4, 0.5) is 4.39 Å². The van der Waals surface area contributed by atoms with Gasteiger partial charge in [-0.2, -0.15) is 4.98 Å². The van der Waals surface area contributed by atoms with Gasteiger partial charge in [-0.1, -0.05) is 35.9 Å². The van der Waals surface area contributed by atoms with Gasteiger partial charge in [0.2, 0.25) is 5.88 Å².